The Morgan fingerprint density at radius 1 is 0.906 bits per heavy atom. The van der Waals surface area contributed by atoms with Gasteiger partial charge >= 0.3 is 11.1 Å². The number of para-hydroxylation sites is 1. The van der Waals surface area contributed by atoms with Crippen LogP contribution in [0.2, 0.25) is 0 Å². The van der Waals surface area contributed by atoms with Crippen molar-refractivity contribution in [1.29, 1.82) is 0 Å². The van der Waals surface area contributed by atoms with E-state index in [2.05, 4.69) is 30.9 Å². The van der Waals surface area contributed by atoms with Crippen LogP contribution in [0.3, 0.4) is 0 Å². The van der Waals surface area contributed by atoms with Gasteiger partial charge in [0.15, 0.2) is 0 Å². The van der Waals surface area contributed by atoms with Gasteiger partial charge in [0.05, 0.1) is 5.69 Å². The molecule has 0 aliphatic rings. The summed E-state index contributed by atoms with van der Waals surface area (Å²) < 4.78 is 8.01. The predicted octanol–water partition coefficient (Wildman–Crippen LogP) is 4.01. The van der Waals surface area contributed by atoms with E-state index in [0.29, 0.717) is 5.82 Å². The van der Waals surface area contributed by atoms with Crippen LogP contribution in [-0.2, 0) is 12.0 Å². The highest BCUT2D eigenvalue weighted by atomic mass is 16.5. The molecule has 0 spiro atoms. The lowest BCUT2D eigenvalue weighted by Crippen LogP contribution is -2.40. The number of nitrogens with zero attached hydrogens (tertiary/aromatic N) is 4. The maximum atomic E-state index is 12.8. The van der Waals surface area contributed by atoms with Gasteiger partial charge in [0.2, 0.25) is 11.7 Å². The molecule has 7 heteroatoms. The number of hydrogen-bond acceptors (Lipinski definition) is 5. The first-order valence-corrected chi connectivity index (χ1v) is 10.5. The topological polar surface area (TPSA) is 82.9 Å². The molecule has 2 aromatic heterocycles. The molecule has 4 aromatic rings. The van der Waals surface area contributed by atoms with E-state index < -0.39 is 11.1 Å². The second-order valence-corrected chi connectivity index (χ2v) is 8.99. The maximum Gasteiger partial charge on any atom is 0.321 e. The third kappa shape index (κ3) is 4.06. The number of aromatic nitrogens is 4. The van der Waals surface area contributed by atoms with Gasteiger partial charge in [-0.25, -0.2) is 0 Å². The van der Waals surface area contributed by atoms with Crippen LogP contribution in [-0.4, -0.2) is 19.3 Å². The van der Waals surface area contributed by atoms with Crippen molar-refractivity contribution in [1.82, 2.24) is 19.3 Å². The Kier molecular flexibility index (Phi) is 5.42. The van der Waals surface area contributed by atoms with Crippen LogP contribution in [0, 0.1) is 13.8 Å². The first kappa shape index (κ1) is 21.5. The monoisotopic (exact) mass is 430 g/mol. The van der Waals surface area contributed by atoms with Gasteiger partial charge in [-0.05, 0) is 36.0 Å². The lowest BCUT2D eigenvalue weighted by molar-refractivity contribution is 0.369. The van der Waals surface area contributed by atoms with E-state index in [0.717, 1.165) is 22.4 Å². The van der Waals surface area contributed by atoms with Crippen molar-refractivity contribution in [2.24, 2.45) is 0 Å². The second-order valence-electron chi connectivity index (χ2n) is 8.99. The summed E-state index contributed by atoms with van der Waals surface area (Å²) in [5.41, 5.74) is 3.38. The Morgan fingerprint density at radius 2 is 1.56 bits per heavy atom. The van der Waals surface area contributed by atoms with E-state index >= 15 is 0 Å². The molecular formula is C25H26N4O3. The first-order valence-electron chi connectivity index (χ1n) is 10.5. The van der Waals surface area contributed by atoms with Crippen molar-refractivity contribution >= 4 is 0 Å². The van der Waals surface area contributed by atoms with Crippen molar-refractivity contribution < 1.29 is 4.52 Å². The van der Waals surface area contributed by atoms with Crippen LogP contribution in [0.25, 0.3) is 17.1 Å². The van der Waals surface area contributed by atoms with Crippen LogP contribution >= 0.6 is 0 Å². The molecule has 0 aliphatic carbocycles. The molecule has 0 N–H and O–H groups in total. The molecule has 0 radical (unpaired) electrons. The maximum absolute atomic E-state index is 12.8. The number of aryl methyl sites for hydroxylation is 2. The number of benzene rings is 2. The van der Waals surface area contributed by atoms with Gasteiger partial charge in [0.25, 0.3) is 0 Å². The van der Waals surface area contributed by atoms with E-state index in [1.54, 1.807) is 12.4 Å². The summed E-state index contributed by atoms with van der Waals surface area (Å²) in [6.45, 7) is 10.3. The summed E-state index contributed by atoms with van der Waals surface area (Å²) in [5, 5.41) is 4.03. The molecule has 0 fully saturated rings. The zero-order valence-corrected chi connectivity index (χ0v) is 18.9. The third-order valence-corrected chi connectivity index (χ3v) is 5.52. The molecule has 32 heavy (non-hydrogen) atoms. The largest absolute Gasteiger partial charge is 0.337 e. The van der Waals surface area contributed by atoms with Gasteiger partial charge in [-0.15, -0.1) is 0 Å². The molecular weight excluding hydrogens is 404 g/mol. The smallest absolute Gasteiger partial charge is 0.321 e. The third-order valence-electron chi connectivity index (χ3n) is 5.52. The fraction of sp³-hybridized carbons (Fsp3) is 0.280. The normalized spacial score (nSPS) is 11.7. The molecule has 0 atom stereocenters. The predicted molar refractivity (Wildman–Crippen MR) is 123 cm³/mol. The van der Waals surface area contributed by atoms with Crippen LogP contribution in [0.5, 0.6) is 0 Å². The Labute approximate surface area is 186 Å². The lowest BCUT2D eigenvalue weighted by Gasteiger charge is -2.18. The highest BCUT2D eigenvalue weighted by molar-refractivity contribution is 5.55. The Morgan fingerprint density at radius 3 is 2.19 bits per heavy atom. The van der Waals surface area contributed by atoms with E-state index in [-0.39, 0.29) is 17.9 Å². The van der Waals surface area contributed by atoms with Crippen molar-refractivity contribution in [3.63, 3.8) is 0 Å². The van der Waals surface area contributed by atoms with Gasteiger partial charge in [0.1, 0.15) is 6.54 Å². The zero-order chi connectivity index (χ0) is 23.0. The van der Waals surface area contributed by atoms with E-state index in [1.165, 1.54) is 14.7 Å². The standard InChI is InChI=1S/C25H26N4O3/c1-16-7-6-8-17(2)21(16)29-14-13-28(23(30)24(29)31)15-20-26-22(27-32-20)18-9-11-19(12-10-18)25(3,4)5/h6-14H,15H2,1-5H3. The highest BCUT2D eigenvalue weighted by Gasteiger charge is 2.16. The Hall–Kier alpha value is -3.74. The van der Waals surface area contributed by atoms with Crippen LogP contribution in [0.4, 0.5) is 0 Å². The van der Waals surface area contributed by atoms with E-state index in [4.69, 9.17) is 4.52 Å². The number of hydrogen-bond donors (Lipinski definition) is 0. The van der Waals surface area contributed by atoms with Crippen LogP contribution in [0.15, 0.2) is 69.0 Å². The van der Waals surface area contributed by atoms with Crippen LogP contribution in [0.1, 0.15) is 43.4 Å². The summed E-state index contributed by atoms with van der Waals surface area (Å²) >= 11 is 0. The molecule has 4 rings (SSSR count). The van der Waals surface area contributed by atoms with E-state index in [9.17, 15) is 9.59 Å². The van der Waals surface area contributed by atoms with Gasteiger partial charge in [0, 0.05) is 18.0 Å². The SMILES string of the molecule is Cc1cccc(C)c1-n1ccn(Cc2nc(-c3ccc(C(C)(C)C)cc3)no2)c(=O)c1=O. The van der Waals surface area contributed by atoms with Crippen molar-refractivity contribution in [3.05, 3.63) is 98.1 Å². The van der Waals surface area contributed by atoms with Gasteiger partial charge < -0.3 is 4.52 Å². The fourth-order valence-corrected chi connectivity index (χ4v) is 3.70. The average molecular weight is 431 g/mol. The first-order chi connectivity index (χ1) is 15.1. The molecule has 164 valence electrons. The summed E-state index contributed by atoms with van der Waals surface area (Å²) in [4.78, 5) is 29.9. The molecule has 0 aliphatic heterocycles. The summed E-state index contributed by atoms with van der Waals surface area (Å²) in [6, 6.07) is 13.7. The Balaban J connectivity index is 1.61. The van der Waals surface area contributed by atoms with Gasteiger partial charge in [-0.2, -0.15) is 4.98 Å². The lowest BCUT2D eigenvalue weighted by atomic mass is 9.87. The van der Waals surface area contributed by atoms with Crippen molar-refractivity contribution in [2.75, 3.05) is 0 Å². The second kappa shape index (κ2) is 8.07. The highest BCUT2D eigenvalue weighted by Crippen LogP contribution is 2.25. The molecule has 0 saturated carbocycles. The quantitative estimate of drug-likeness (QED) is 0.457. The molecule has 0 bridgehead atoms. The van der Waals surface area contributed by atoms with Crippen molar-refractivity contribution in [2.45, 2.75) is 46.6 Å². The molecule has 2 aromatic carbocycles. The fourth-order valence-electron chi connectivity index (χ4n) is 3.70. The van der Waals surface area contributed by atoms with Gasteiger partial charge in [-0.3, -0.25) is 18.7 Å². The minimum absolute atomic E-state index is 0.0226. The average Bonchev–Trinajstić information content (AvgIpc) is 3.21. The zero-order valence-electron chi connectivity index (χ0n) is 18.9. The van der Waals surface area contributed by atoms with E-state index in [1.807, 2.05) is 56.3 Å². The summed E-state index contributed by atoms with van der Waals surface area (Å²) in [6.07, 6.45) is 3.17. The summed E-state index contributed by atoms with van der Waals surface area (Å²) in [5.74, 6) is 0.698. The molecule has 0 saturated heterocycles. The molecule has 2 heterocycles. The van der Waals surface area contributed by atoms with Crippen molar-refractivity contribution in [3.8, 4) is 17.1 Å². The molecule has 0 amide bonds. The number of rotatable bonds is 4. The van der Waals surface area contributed by atoms with Gasteiger partial charge in [-0.1, -0.05) is 68.4 Å². The van der Waals surface area contributed by atoms with Crippen LogP contribution < -0.4 is 11.1 Å². The molecule has 0 unspecified atom stereocenters. The minimum atomic E-state index is -0.649. The summed E-state index contributed by atoms with van der Waals surface area (Å²) in [7, 11) is 0. The minimum Gasteiger partial charge on any atom is -0.337 e. The molecule has 7 nitrogen and oxygen atoms in total. The Bertz CT molecular complexity index is 1370.